The van der Waals surface area contributed by atoms with Crippen LogP contribution in [0, 0.1) is 0 Å². The Balaban J connectivity index is 2.18. The van der Waals surface area contributed by atoms with Gasteiger partial charge in [-0.25, -0.2) is 8.42 Å². The van der Waals surface area contributed by atoms with Gasteiger partial charge in [-0.15, -0.1) is 0 Å². The van der Waals surface area contributed by atoms with Crippen LogP contribution in [0.3, 0.4) is 0 Å². The van der Waals surface area contributed by atoms with E-state index in [1.165, 1.54) is 24.3 Å². The van der Waals surface area contributed by atoms with Crippen molar-refractivity contribution < 1.29 is 18.0 Å². The highest BCUT2D eigenvalue weighted by atomic mass is 35.5. The molecule has 2 aromatic carbocycles. The van der Waals surface area contributed by atoms with Gasteiger partial charge in [0.05, 0.1) is 15.6 Å². The molecule has 0 aliphatic carbocycles. The molecule has 0 spiro atoms. The molecule has 0 atom stereocenters. The molecule has 0 heterocycles. The highest BCUT2D eigenvalue weighted by Gasteiger charge is 2.18. The number of para-hydroxylation sites is 1. The average molecular weight is 353 g/mol. The van der Waals surface area contributed by atoms with Gasteiger partial charge in [0, 0.05) is 5.56 Å². The molecule has 0 bridgehead atoms. The number of hydrogen-bond donors (Lipinski definition) is 2. The summed E-state index contributed by atoms with van der Waals surface area (Å²) in [5.41, 5.74) is 5.60. The molecular formula is C15H13ClN2O4S. The minimum Gasteiger partial charge on any atom is -0.369 e. The summed E-state index contributed by atoms with van der Waals surface area (Å²) in [5, 5.41) is 3.01. The molecule has 2 rings (SSSR count). The second-order valence-electron chi connectivity index (χ2n) is 4.68. The Bertz CT molecular complexity index is 848. The lowest BCUT2D eigenvalue weighted by Crippen LogP contribution is -2.23. The van der Waals surface area contributed by atoms with Crippen LogP contribution in [0.1, 0.15) is 10.4 Å². The molecule has 8 heteroatoms. The zero-order valence-electron chi connectivity index (χ0n) is 11.8. The van der Waals surface area contributed by atoms with E-state index < -0.39 is 27.4 Å². The maximum Gasteiger partial charge on any atom is 0.255 e. The third-order valence-electron chi connectivity index (χ3n) is 2.93. The molecule has 6 nitrogen and oxygen atoms in total. The third-order valence-corrected chi connectivity index (χ3v) is 4.91. The van der Waals surface area contributed by atoms with E-state index in [0.29, 0.717) is 10.7 Å². The smallest absolute Gasteiger partial charge is 0.255 e. The molecule has 0 aliphatic heterocycles. The second kappa shape index (κ2) is 6.80. The van der Waals surface area contributed by atoms with E-state index in [-0.39, 0.29) is 10.5 Å². The van der Waals surface area contributed by atoms with Gasteiger partial charge < -0.3 is 11.1 Å². The SMILES string of the molecule is NC(=O)CS(=O)(=O)c1ccc(C(=O)Nc2ccccc2Cl)cc1. The summed E-state index contributed by atoms with van der Waals surface area (Å²) in [7, 11) is -3.79. The Morgan fingerprint density at radius 2 is 1.65 bits per heavy atom. The van der Waals surface area contributed by atoms with Crippen LogP contribution in [0.2, 0.25) is 5.02 Å². The molecule has 0 saturated heterocycles. The summed E-state index contributed by atoms with van der Waals surface area (Å²) in [6.45, 7) is 0. The minimum atomic E-state index is -3.79. The van der Waals surface area contributed by atoms with Crippen LogP contribution < -0.4 is 11.1 Å². The number of primary amides is 1. The summed E-state index contributed by atoms with van der Waals surface area (Å²) in [6, 6.07) is 11.9. The summed E-state index contributed by atoms with van der Waals surface area (Å²) < 4.78 is 23.7. The monoisotopic (exact) mass is 352 g/mol. The first-order valence-electron chi connectivity index (χ1n) is 6.46. The standard InChI is InChI=1S/C15H13ClN2O4S/c16-12-3-1-2-4-13(12)18-15(20)10-5-7-11(8-6-10)23(21,22)9-14(17)19/h1-8H,9H2,(H2,17,19)(H,18,20). The number of sulfone groups is 1. The highest BCUT2D eigenvalue weighted by molar-refractivity contribution is 7.92. The lowest BCUT2D eigenvalue weighted by atomic mass is 10.2. The Hall–Kier alpha value is -2.38. The summed E-state index contributed by atoms with van der Waals surface area (Å²) in [6.07, 6.45) is 0. The number of rotatable bonds is 5. The number of amides is 2. The van der Waals surface area contributed by atoms with Crippen LogP contribution >= 0.6 is 11.6 Å². The Morgan fingerprint density at radius 3 is 2.22 bits per heavy atom. The van der Waals surface area contributed by atoms with Gasteiger partial charge in [-0.1, -0.05) is 23.7 Å². The predicted octanol–water partition coefficient (Wildman–Crippen LogP) is 1.85. The zero-order valence-corrected chi connectivity index (χ0v) is 13.4. The number of halogens is 1. The molecule has 120 valence electrons. The topological polar surface area (TPSA) is 106 Å². The van der Waals surface area contributed by atoms with Crippen LogP contribution in [-0.4, -0.2) is 26.0 Å². The van der Waals surface area contributed by atoms with Gasteiger partial charge in [0.15, 0.2) is 9.84 Å². The quantitative estimate of drug-likeness (QED) is 0.856. The van der Waals surface area contributed by atoms with E-state index in [9.17, 15) is 18.0 Å². The Kier molecular flexibility index (Phi) is 5.02. The van der Waals surface area contributed by atoms with Crippen LogP contribution in [0.4, 0.5) is 5.69 Å². The van der Waals surface area contributed by atoms with Crippen molar-refractivity contribution in [3.05, 3.63) is 59.1 Å². The van der Waals surface area contributed by atoms with E-state index in [0.717, 1.165) is 0 Å². The summed E-state index contributed by atoms with van der Waals surface area (Å²) >= 11 is 5.95. The van der Waals surface area contributed by atoms with Crippen molar-refractivity contribution in [1.82, 2.24) is 0 Å². The van der Waals surface area contributed by atoms with E-state index >= 15 is 0 Å². The Morgan fingerprint density at radius 1 is 1.04 bits per heavy atom. The van der Waals surface area contributed by atoms with Crippen LogP contribution in [-0.2, 0) is 14.6 Å². The van der Waals surface area contributed by atoms with Crippen LogP contribution in [0.5, 0.6) is 0 Å². The first kappa shape index (κ1) is 17.0. The molecule has 0 aliphatic rings. The Labute approximate surface area is 138 Å². The number of hydrogen-bond acceptors (Lipinski definition) is 4. The van der Waals surface area contributed by atoms with E-state index in [1.54, 1.807) is 24.3 Å². The number of carbonyl (C=O) groups is 2. The lowest BCUT2D eigenvalue weighted by Gasteiger charge is -2.08. The van der Waals surface area contributed by atoms with E-state index in [2.05, 4.69) is 5.32 Å². The minimum absolute atomic E-state index is 0.0782. The first-order valence-corrected chi connectivity index (χ1v) is 8.49. The molecule has 0 unspecified atom stereocenters. The zero-order chi connectivity index (χ0) is 17.0. The molecule has 0 radical (unpaired) electrons. The van der Waals surface area contributed by atoms with Crippen LogP contribution in [0.25, 0.3) is 0 Å². The van der Waals surface area contributed by atoms with Crippen LogP contribution in [0.15, 0.2) is 53.4 Å². The van der Waals surface area contributed by atoms with Crippen molar-refractivity contribution >= 4 is 38.9 Å². The van der Waals surface area contributed by atoms with Crippen molar-refractivity contribution in [1.29, 1.82) is 0 Å². The van der Waals surface area contributed by atoms with Crippen molar-refractivity contribution in [2.45, 2.75) is 4.90 Å². The maximum absolute atomic E-state index is 12.1. The molecule has 2 amide bonds. The van der Waals surface area contributed by atoms with Gasteiger partial charge in [0.1, 0.15) is 5.75 Å². The fourth-order valence-corrected chi connectivity index (χ4v) is 3.12. The fourth-order valence-electron chi connectivity index (χ4n) is 1.84. The number of nitrogens with two attached hydrogens (primary N) is 1. The highest BCUT2D eigenvalue weighted by Crippen LogP contribution is 2.21. The average Bonchev–Trinajstić information content (AvgIpc) is 2.48. The molecule has 0 saturated carbocycles. The lowest BCUT2D eigenvalue weighted by molar-refractivity contribution is -0.115. The second-order valence-corrected chi connectivity index (χ2v) is 7.08. The van der Waals surface area contributed by atoms with Gasteiger partial charge in [-0.3, -0.25) is 9.59 Å². The van der Waals surface area contributed by atoms with Gasteiger partial charge in [-0.05, 0) is 36.4 Å². The van der Waals surface area contributed by atoms with E-state index in [1.807, 2.05) is 0 Å². The number of carbonyl (C=O) groups excluding carboxylic acids is 2. The van der Waals surface area contributed by atoms with Crippen molar-refractivity contribution in [2.24, 2.45) is 5.73 Å². The summed E-state index contributed by atoms with van der Waals surface area (Å²) in [4.78, 5) is 22.8. The molecule has 23 heavy (non-hydrogen) atoms. The molecule has 2 aromatic rings. The molecule has 3 N–H and O–H groups in total. The number of anilines is 1. The predicted molar refractivity (Wildman–Crippen MR) is 87.1 cm³/mol. The van der Waals surface area contributed by atoms with Gasteiger partial charge in [0.25, 0.3) is 5.91 Å². The maximum atomic E-state index is 12.1. The van der Waals surface area contributed by atoms with Crippen molar-refractivity contribution in [3.8, 4) is 0 Å². The third kappa shape index (κ3) is 4.30. The van der Waals surface area contributed by atoms with Gasteiger partial charge in [0.2, 0.25) is 5.91 Å². The van der Waals surface area contributed by atoms with E-state index in [4.69, 9.17) is 17.3 Å². The molecule has 0 fully saturated rings. The van der Waals surface area contributed by atoms with Crippen molar-refractivity contribution in [2.75, 3.05) is 11.1 Å². The first-order chi connectivity index (χ1) is 10.8. The largest absolute Gasteiger partial charge is 0.369 e. The number of benzene rings is 2. The summed E-state index contributed by atoms with van der Waals surface area (Å²) in [5.74, 6) is -2.15. The fraction of sp³-hybridized carbons (Fsp3) is 0.0667. The van der Waals surface area contributed by atoms with Crippen molar-refractivity contribution in [3.63, 3.8) is 0 Å². The van der Waals surface area contributed by atoms with Gasteiger partial charge >= 0.3 is 0 Å². The molecular weight excluding hydrogens is 340 g/mol. The normalized spacial score (nSPS) is 11.0. The van der Waals surface area contributed by atoms with Gasteiger partial charge in [-0.2, -0.15) is 0 Å². The molecule has 0 aromatic heterocycles. The number of nitrogens with one attached hydrogen (secondary N) is 1.